The summed E-state index contributed by atoms with van der Waals surface area (Å²) in [7, 11) is 2.18. The molecule has 0 bridgehead atoms. The third-order valence-corrected chi connectivity index (χ3v) is 10.5. The second-order valence-corrected chi connectivity index (χ2v) is 12.9. The Morgan fingerprint density at radius 3 is 2.93 bits per heavy atom. The Morgan fingerprint density at radius 1 is 1.27 bits per heavy atom. The van der Waals surface area contributed by atoms with Gasteiger partial charge in [0, 0.05) is 54.6 Å². The minimum Gasteiger partial charge on any atom is -0.487 e. The van der Waals surface area contributed by atoms with E-state index in [1.165, 1.54) is 12.5 Å². The van der Waals surface area contributed by atoms with Gasteiger partial charge in [0.25, 0.3) is 0 Å². The van der Waals surface area contributed by atoms with Crippen molar-refractivity contribution in [1.29, 1.82) is 5.26 Å². The van der Waals surface area contributed by atoms with Crippen LogP contribution in [0.15, 0.2) is 30.9 Å². The average Bonchev–Trinajstić information content (AvgIpc) is 3.39. The summed E-state index contributed by atoms with van der Waals surface area (Å²) >= 11 is 6.50. The van der Waals surface area contributed by atoms with Crippen LogP contribution in [0.4, 0.5) is 0 Å². The Labute approximate surface area is 248 Å². The van der Waals surface area contributed by atoms with Gasteiger partial charge in [0.2, 0.25) is 5.91 Å². The van der Waals surface area contributed by atoms with Gasteiger partial charge in [-0.3, -0.25) is 20.3 Å². The third kappa shape index (κ3) is 5.88. The zero-order valence-corrected chi connectivity index (χ0v) is 24.8. The number of fused-ring (bicyclic) bond motifs is 2. The fourth-order valence-corrected chi connectivity index (χ4v) is 8.15. The second kappa shape index (κ2) is 12.2. The monoisotopic (exact) mass is 582 g/mol. The largest absolute Gasteiger partial charge is 0.487 e. The molecule has 2 N–H and O–H groups in total. The average molecular weight is 583 g/mol. The van der Waals surface area contributed by atoms with Gasteiger partial charge in [0.1, 0.15) is 11.4 Å². The Morgan fingerprint density at radius 2 is 2.15 bits per heavy atom. The summed E-state index contributed by atoms with van der Waals surface area (Å²) in [6, 6.07) is 8.77. The molecule has 3 saturated heterocycles. The highest BCUT2D eigenvalue weighted by atomic mass is 35.5. The van der Waals surface area contributed by atoms with Crippen LogP contribution in [-0.4, -0.2) is 96.7 Å². The van der Waals surface area contributed by atoms with Crippen molar-refractivity contribution in [3.05, 3.63) is 41.4 Å². The maximum atomic E-state index is 12.5. The number of hydrogen-bond donors (Lipinski definition) is 2. The minimum absolute atomic E-state index is 0.0809. The van der Waals surface area contributed by atoms with Crippen molar-refractivity contribution in [2.24, 2.45) is 5.92 Å². The molecule has 222 valence electrons. The summed E-state index contributed by atoms with van der Waals surface area (Å²) in [6.07, 6.45) is 8.62. The Balaban J connectivity index is 1.21. The molecular weight excluding hydrogens is 540 g/mol. The van der Waals surface area contributed by atoms with Crippen molar-refractivity contribution in [1.82, 2.24) is 25.3 Å². The van der Waals surface area contributed by atoms with E-state index < -0.39 is 0 Å². The topological polar surface area (TPSA) is 93.1 Å². The van der Waals surface area contributed by atoms with Crippen molar-refractivity contribution in [2.75, 3.05) is 39.8 Å². The van der Waals surface area contributed by atoms with Crippen LogP contribution < -0.4 is 15.4 Å². The van der Waals surface area contributed by atoms with Gasteiger partial charge < -0.3 is 19.3 Å². The number of likely N-dealkylation sites (N-methyl/N-ethyl adjacent to an activating group) is 1. The molecule has 4 aliphatic heterocycles. The van der Waals surface area contributed by atoms with Crippen LogP contribution in [-0.2, 0) is 16.0 Å². The number of carbonyl (C=O) groups is 1. The van der Waals surface area contributed by atoms with Crippen LogP contribution in [0, 0.1) is 17.2 Å². The number of carbonyl (C=O) groups excluding carboxylic acids is 1. The van der Waals surface area contributed by atoms with Crippen LogP contribution in [0.3, 0.4) is 0 Å². The van der Waals surface area contributed by atoms with Crippen LogP contribution >= 0.6 is 11.6 Å². The molecule has 6 rings (SSSR count). The van der Waals surface area contributed by atoms with E-state index in [4.69, 9.17) is 21.1 Å². The lowest BCUT2D eigenvalue weighted by Gasteiger charge is -2.56. The summed E-state index contributed by atoms with van der Waals surface area (Å²) in [6.45, 7) is 7.45. The lowest BCUT2D eigenvalue weighted by Crippen LogP contribution is -2.73. The molecule has 1 aliphatic carbocycles. The molecule has 5 aliphatic rings. The molecule has 0 aromatic heterocycles. The second-order valence-electron chi connectivity index (χ2n) is 12.5. The van der Waals surface area contributed by atoms with Gasteiger partial charge in [-0.05, 0) is 70.3 Å². The summed E-state index contributed by atoms with van der Waals surface area (Å²) in [4.78, 5) is 19.2. The predicted molar refractivity (Wildman–Crippen MR) is 157 cm³/mol. The molecule has 9 nitrogen and oxygen atoms in total. The van der Waals surface area contributed by atoms with Crippen LogP contribution in [0.2, 0.25) is 5.02 Å². The van der Waals surface area contributed by atoms with E-state index >= 15 is 0 Å². The first-order valence-electron chi connectivity index (χ1n) is 15.2. The number of ether oxygens (including phenoxy) is 2. The lowest BCUT2D eigenvalue weighted by molar-refractivity contribution is -0.139. The van der Waals surface area contributed by atoms with Crippen LogP contribution in [0.1, 0.15) is 50.5 Å². The number of benzene rings is 1. The number of hydrogen-bond acceptors (Lipinski definition) is 8. The summed E-state index contributed by atoms with van der Waals surface area (Å²) in [5, 5.41) is 18.0. The van der Waals surface area contributed by atoms with Gasteiger partial charge in [-0.1, -0.05) is 24.2 Å². The first-order valence-corrected chi connectivity index (χ1v) is 15.6. The maximum absolute atomic E-state index is 12.5. The number of amides is 1. The first kappa shape index (κ1) is 28.9. The molecule has 4 heterocycles. The first-order chi connectivity index (χ1) is 19.9. The van der Waals surface area contributed by atoms with E-state index in [1.54, 1.807) is 0 Å². The maximum Gasteiger partial charge on any atom is 0.246 e. The highest BCUT2D eigenvalue weighted by Gasteiger charge is 2.51. The Kier molecular flexibility index (Phi) is 8.60. The lowest BCUT2D eigenvalue weighted by atomic mass is 9.70. The van der Waals surface area contributed by atoms with E-state index in [9.17, 15) is 10.1 Å². The SMILES string of the molecule is C=CC(=O)N1CCN(C2NC(OCC3CCCN3C)NC3C[C@@]4(CCc5c(Cl)cccc5O4)CCC32)CC1CC#N. The van der Waals surface area contributed by atoms with Gasteiger partial charge in [-0.15, -0.1) is 0 Å². The summed E-state index contributed by atoms with van der Waals surface area (Å²) in [5.74, 6) is 1.17. The number of piperazine rings is 1. The predicted octanol–water partition coefficient (Wildman–Crippen LogP) is 3.10. The standard InChI is InChI=1S/C31H43ClN6O3/c1-3-28(39)38-17-16-37(19-21(38)11-14-33)29-24-10-13-31(12-9-23-25(32)7-4-8-27(23)41-31)18-26(24)34-30(35-29)40-20-22-6-5-15-36(22)2/h3-4,7-8,21-22,24,26,29-30,34-35H,1,5-6,9-13,15-20H2,2H3/t21?,22?,24?,26?,29?,30?,31-/m1/s1. The smallest absolute Gasteiger partial charge is 0.246 e. The highest BCUT2D eigenvalue weighted by Crippen LogP contribution is 2.46. The number of rotatable bonds is 6. The molecule has 1 aromatic carbocycles. The fourth-order valence-electron chi connectivity index (χ4n) is 7.89. The number of nitrogens with one attached hydrogen (secondary N) is 2. The van der Waals surface area contributed by atoms with E-state index in [-0.39, 0.29) is 36.1 Å². The molecular formula is C31H43ClN6O3. The highest BCUT2D eigenvalue weighted by molar-refractivity contribution is 6.31. The third-order valence-electron chi connectivity index (χ3n) is 10.2. The number of nitriles is 1. The Hall–Kier alpha value is -2.19. The molecule has 1 spiro atoms. The normalized spacial score (nSPS) is 35.8. The molecule has 7 atom stereocenters. The molecule has 4 fully saturated rings. The van der Waals surface area contributed by atoms with E-state index in [0.717, 1.165) is 68.0 Å². The van der Waals surface area contributed by atoms with Gasteiger partial charge in [0.15, 0.2) is 6.35 Å². The van der Waals surface area contributed by atoms with Crippen LogP contribution in [0.5, 0.6) is 5.75 Å². The van der Waals surface area contributed by atoms with Crippen LogP contribution in [0.25, 0.3) is 0 Å². The van der Waals surface area contributed by atoms with Crippen molar-refractivity contribution < 1.29 is 14.3 Å². The fraction of sp³-hybridized carbons (Fsp3) is 0.677. The molecule has 1 amide bonds. The van der Waals surface area contributed by atoms with E-state index in [1.807, 2.05) is 17.0 Å². The number of halogens is 1. The number of nitrogens with zero attached hydrogens (tertiary/aromatic N) is 4. The zero-order valence-electron chi connectivity index (χ0n) is 24.1. The van der Waals surface area contributed by atoms with E-state index in [0.29, 0.717) is 38.1 Å². The number of likely N-dealkylation sites (tertiary alicyclic amines) is 1. The van der Waals surface area contributed by atoms with Crippen molar-refractivity contribution in [2.45, 2.75) is 87.6 Å². The van der Waals surface area contributed by atoms with Crippen molar-refractivity contribution >= 4 is 17.5 Å². The van der Waals surface area contributed by atoms with Gasteiger partial charge in [0.05, 0.1) is 31.3 Å². The molecule has 1 saturated carbocycles. The van der Waals surface area contributed by atoms with Gasteiger partial charge in [-0.25, -0.2) is 0 Å². The van der Waals surface area contributed by atoms with Crippen molar-refractivity contribution in [3.63, 3.8) is 0 Å². The zero-order chi connectivity index (χ0) is 28.6. The minimum atomic E-state index is -0.280. The molecule has 1 aromatic rings. The quantitative estimate of drug-likeness (QED) is 0.495. The Bertz CT molecular complexity index is 1180. The summed E-state index contributed by atoms with van der Waals surface area (Å²) in [5.41, 5.74) is 0.901. The summed E-state index contributed by atoms with van der Waals surface area (Å²) < 4.78 is 13.3. The van der Waals surface area contributed by atoms with E-state index in [2.05, 4.69) is 46.2 Å². The molecule has 41 heavy (non-hydrogen) atoms. The molecule has 6 unspecified atom stereocenters. The van der Waals surface area contributed by atoms with Gasteiger partial charge in [-0.2, -0.15) is 5.26 Å². The molecule has 0 radical (unpaired) electrons. The van der Waals surface area contributed by atoms with Crippen molar-refractivity contribution in [3.8, 4) is 11.8 Å². The molecule has 10 heteroatoms. The van der Waals surface area contributed by atoms with Gasteiger partial charge >= 0.3 is 0 Å².